The van der Waals surface area contributed by atoms with E-state index in [9.17, 15) is 4.39 Å². The van der Waals surface area contributed by atoms with Gasteiger partial charge in [0.15, 0.2) is 0 Å². The minimum atomic E-state index is -0.141. The summed E-state index contributed by atoms with van der Waals surface area (Å²) in [7, 11) is 5.56. The van der Waals surface area contributed by atoms with Crippen LogP contribution in [0.1, 0.15) is 24.0 Å². The summed E-state index contributed by atoms with van der Waals surface area (Å²) in [4.78, 5) is 4.89. The fourth-order valence-corrected chi connectivity index (χ4v) is 4.15. The highest BCUT2D eigenvalue weighted by atomic mass is 19.1. The van der Waals surface area contributed by atoms with Crippen molar-refractivity contribution >= 4 is 0 Å². The molecule has 0 spiro atoms. The van der Waals surface area contributed by atoms with Gasteiger partial charge in [0.2, 0.25) is 0 Å². The first-order valence-electron chi connectivity index (χ1n) is 10.4. The largest absolute Gasteiger partial charge is 0.497 e. The summed E-state index contributed by atoms with van der Waals surface area (Å²) in [6.07, 6.45) is 3.35. The average molecular weight is 401 g/mol. The average Bonchev–Trinajstić information content (AvgIpc) is 2.73. The number of rotatable bonds is 9. The van der Waals surface area contributed by atoms with Crippen LogP contribution in [0.15, 0.2) is 42.5 Å². The lowest BCUT2D eigenvalue weighted by Gasteiger charge is -2.34. The maximum atomic E-state index is 13.3. The van der Waals surface area contributed by atoms with E-state index in [1.165, 1.54) is 24.5 Å². The van der Waals surface area contributed by atoms with Gasteiger partial charge in [0.1, 0.15) is 17.3 Å². The predicted octanol–water partition coefficient (Wildman–Crippen LogP) is 4.23. The Bertz CT molecular complexity index is 775. The van der Waals surface area contributed by atoms with Crippen molar-refractivity contribution in [3.63, 3.8) is 0 Å². The second-order valence-corrected chi connectivity index (χ2v) is 8.04. The summed E-state index contributed by atoms with van der Waals surface area (Å²) in [6, 6.07) is 13.0. The van der Waals surface area contributed by atoms with Crippen molar-refractivity contribution in [1.82, 2.24) is 9.80 Å². The topological polar surface area (TPSA) is 24.9 Å². The van der Waals surface area contributed by atoms with Crippen LogP contribution in [0.4, 0.5) is 4.39 Å². The normalized spacial score (nSPS) is 15.6. The van der Waals surface area contributed by atoms with Crippen LogP contribution in [0.25, 0.3) is 0 Å². The molecule has 0 amide bonds. The van der Waals surface area contributed by atoms with Crippen molar-refractivity contribution in [3.05, 3.63) is 59.4 Å². The number of likely N-dealkylation sites (tertiary alicyclic amines) is 1. The van der Waals surface area contributed by atoms with E-state index in [0.29, 0.717) is 0 Å². The Morgan fingerprint density at radius 2 is 1.86 bits per heavy atom. The molecule has 3 rings (SSSR count). The third-order valence-corrected chi connectivity index (χ3v) is 5.82. The van der Waals surface area contributed by atoms with Gasteiger partial charge in [-0.15, -0.1) is 0 Å². The fraction of sp³-hybridized carbons (Fsp3) is 0.500. The second kappa shape index (κ2) is 10.6. The van der Waals surface area contributed by atoms with Crippen LogP contribution in [0, 0.1) is 11.7 Å². The molecule has 1 saturated heterocycles. The minimum absolute atomic E-state index is 0.141. The molecular weight excluding hydrogens is 367 g/mol. The quantitative estimate of drug-likeness (QED) is 0.629. The number of hydrogen-bond acceptors (Lipinski definition) is 4. The van der Waals surface area contributed by atoms with E-state index in [2.05, 4.69) is 22.9 Å². The standard InChI is InChI=1S/C24H33FN2O2/c1-26(18-21-7-8-23(28-2)16-24(21)29-3)17-20-10-13-27(14-11-20)12-9-19-5-4-6-22(25)15-19/h4-8,15-16,20H,9-14,17-18H2,1-3H3. The van der Waals surface area contributed by atoms with Crippen molar-refractivity contribution in [3.8, 4) is 11.5 Å². The van der Waals surface area contributed by atoms with Gasteiger partial charge >= 0.3 is 0 Å². The number of ether oxygens (including phenoxy) is 2. The summed E-state index contributed by atoms with van der Waals surface area (Å²) in [5, 5.41) is 0. The van der Waals surface area contributed by atoms with E-state index in [4.69, 9.17) is 9.47 Å². The Kier molecular flexibility index (Phi) is 7.90. The van der Waals surface area contributed by atoms with Crippen LogP contribution < -0.4 is 9.47 Å². The van der Waals surface area contributed by atoms with Gasteiger partial charge in [-0.1, -0.05) is 18.2 Å². The van der Waals surface area contributed by atoms with E-state index in [-0.39, 0.29) is 5.82 Å². The molecule has 29 heavy (non-hydrogen) atoms. The lowest BCUT2D eigenvalue weighted by atomic mass is 9.95. The van der Waals surface area contributed by atoms with Crippen LogP contribution in [0.2, 0.25) is 0 Å². The predicted molar refractivity (Wildman–Crippen MR) is 115 cm³/mol. The SMILES string of the molecule is COc1ccc(CN(C)CC2CCN(CCc3cccc(F)c3)CC2)c(OC)c1. The molecule has 158 valence electrons. The molecule has 1 aliphatic heterocycles. The van der Waals surface area contributed by atoms with E-state index in [0.717, 1.165) is 62.1 Å². The van der Waals surface area contributed by atoms with Gasteiger partial charge in [0.25, 0.3) is 0 Å². The summed E-state index contributed by atoms with van der Waals surface area (Å²) < 4.78 is 24.1. The molecular formula is C24H33FN2O2. The van der Waals surface area contributed by atoms with E-state index < -0.39 is 0 Å². The van der Waals surface area contributed by atoms with E-state index >= 15 is 0 Å². The van der Waals surface area contributed by atoms with Crippen LogP contribution >= 0.6 is 0 Å². The molecule has 1 aliphatic rings. The Morgan fingerprint density at radius 3 is 2.55 bits per heavy atom. The lowest BCUT2D eigenvalue weighted by Crippen LogP contribution is -2.38. The zero-order valence-corrected chi connectivity index (χ0v) is 17.9. The number of methoxy groups -OCH3 is 2. The van der Waals surface area contributed by atoms with Crippen molar-refractivity contribution in [1.29, 1.82) is 0 Å². The van der Waals surface area contributed by atoms with Gasteiger partial charge in [-0.3, -0.25) is 0 Å². The van der Waals surface area contributed by atoms with E-state index in [1.807, 2.05) is 18.2 Å². The number of hydrogen-bond donors (Lipinski definition) is 0. The molecule has 0 unspecified atom stereocenters. The maximum Gasteiger partial charge on any atom is 0.127 e. The summed E-state index contributed by atoms with van der Waals surface area (Å²) in [5.74, 6) is 2.27. The highest BCUT2D eigenvalue weighted by Crippen LogP contribution is 2.26. The zero-order chi connectivity index (χ0) is 20.6. The van der Waals surface area contributed by atoms with Crippen LogP contribution in [-0.2, 0) is 13.0 Å². The molecule has 0 radical (unpaired) electrons. The van der Waals surface area contributed by atoms with Crippen LogP contribution in [0.5, 0.6) is 11.5 Å². The van der Waals surface area contributed by atoms with E-state index in [1.54, 1.807) is 26.4 Å². The first kappa shape index (κ1) is 21.6. The second-order valence-electron chi connectivity index (χ2n) is 8.04. The third kappa shape index (κ3) is 6.44. The van der Waals surface area contributed by atoms with Crippen molar-refractivity contribution in [2.45, 2.75) is 25.8 Å². The van der Waals surface area contributed by atoms with Crippen LogP contribution in [0.3, 0.4) is 0 Å². The number of halogens is 1. The van der Waals surface area contributed by atoms with Crippen molar-refractivity contribution in [2.24, 2.45) is 5.92 Å². The molecule has 0 bridgehead atoms. The molecule has 0 saturated carbocycles. The maximum absolute atomic E-state index is 13.3. The number of piperidine rings is 1. The molecule has 1 heterocycles. The summed E-state index contributed by atoms with van der Waals surface area (Å²) in [6.45, 7) is 5.22. The van der Waals surface area contributed by atoms with Gasteiger partial charge in [-0.25, -0.2) is 4.39 Å². The third-order valence-electron chi connectivity index (χ3n) is 5.82. The Labute approximate surface area is 174 Å². The molecule has 0 atom stereocenters. The Hall–Kier alpha value is -2.11. The lowest BCUT2D eigenvalue weighted by molar-refractivity contribution is 0.153. The van der Waals surface area contributed by atoms with Crippen LogP contribution in [-0.4, -0.2) is 57.2 Å². The van der Waals surface area contributed by atoms with Gasteiger partial charge in [-0.05, 0) is 69.1 Å². The molecule has 2 aromatic rings. The Balaban J connectivity index is 1.42. The van der Waals surface area contributed by atoms with Crippen molar-refractivity contribution in [2.75, 3.05) is 47.4 Å². The van der Waals surface area contributed by atoms with Gasteiger partial charge in [-0.2, -0.15) is 0 Å². The summed E-state index contributed by atoms with van der Waals surface area (Å²) in [5.41, 5.74) is 2.27. The van der Waals surface area contributed by atoms with Gasteiger partial charge < -0.3 is 19.3 Å². The fourth-order valence-electron chi connectivity index (χ4n) is 4.15. The molecule has 4 nitrogen and oxygen atoms in total. The van der Waals surface area contributed by atoms with Crippen molar-refractivity contribution < 1.29 is 13.9 Å². The molecule has 1 fully saturated rings. The van der Waals surface area contributed by atoms with Gasteiger partial charge in [0, 0.05) is 31.3 Å². The Morgan fingerprint density at radius 1 is 1.07 bits per heavy atom. The number of nitrogens with zero attached hydrogens (tertiary/aromatic N) is 2. The zero-order valence-electron chi connectivity index (χ0n) is 17.9. The molecule has 5 heteroatoms. The molecule has 0 aliphatic carbocycles. The monoisotopic (exact) mass is 400 g/mol. The highest BCUT2D eigenvalue weighted by Gasteiger charge is 2.20. The van der Waals surface area contributed by atoms with Gasteiger partial charge in [0.05, 0.1) is 14.2 Å². The highest BCUT2D eigenvalue weighted by molar-refractivity contribution is 5.40. The molecule has 0 aromatic heterocycles. The molecule has 0 N–H and O–H groups in total. The minimum Gasteiger partial charge on any atom is -0.497 e. The first-order valence-corrected chi connectivity index (χ1v) is 10.4. The smallest absolute Gasteiger partial charge is 0.127 e. The summed E-state index contributed by atoms with van der Waals surface area (Å²) >= 11 is 0. The first-order chi connectivity index (χ1) is 14.1. The number of benzene rings is 2. The molecule has 2 aromatic carbocycles.